The fraction of sp³-hybridized carbons (Fsp3) is 0.500. The third-order valence-corrected chi connectivity index (χ3v) is 5.58. The first-order valence-corrected chi connectivity index (χ1v) is 8.90. The van der Waals surface area contributed by atoms with Crippen molar-refractivity contribution in [2.75, 3.05) is 11.9 Å². The second kappa shape index (κ2) is 6.34. The molecule has 4 N–H and O–H groups in total. The van der Waals surface area contributed by atoms with Gasteiger partial charge in [0.05, 0.1) is 16.8 Å². The van der Waals surface area contributed by atoms with Gasteiger partial charge in [0, 0.05) is 11.8 Å². The second-order valence-corrected chi connectivity index (χ2v) is 7.84. The van der Waals surface area contributed by atoms with Crippen LogP contribution in [0.15, 0.2) is 23.1 Å². The third-order valence-electron chi connectivity index (χ3n) is 4.41. The van der Waals surface area contributed by atoms with E-state index in [0.717, 1.165) is 24.2 Å². The number of halogens is 3. The lowest BCUT2D eigenvalue weighted by Crippen LogP contribution is -2.66. The van der Waals surface area contributed by atoms with Crippen molar-refractivity contribution < 1.29 is 22.8 Å². The topological polar surface area (TPSA) is 82.3 Å². The van der Waals surface area contributed by atoms with Gasteiger partial charge in [0.2, 0.25) is 16.9 Å². The molecule has 2 heterocycles. The summed E-state index contributed by atoms with van der Waals surface area (Å²) in [4.78, 5) is 24.7. The number of nitrogens with one attached hydrogen (secondary N) is 4. The highest BCUT2D eigenvalue weighted by atomic mass is 32.2. The van der Waals surface area contributed by atoms with Gasteiger partial charge < -0.3 is 21.3 Å². The second-order valence-electron chi connectivity index (χ2n) is 6.58. The minimum absolute atomic E-state index is 0.163. The summed E-state index contributed by atoms with van der Waals surface area (Å²) < 4.78 is 39.9. The van der Waals surface area contributed by atoms with E-state index in [2.05, 4.69) is 21.3 Å². The van der Waals surface area contributed by atoms with Crippen LogP contribution >= 0.6 is 11.8 Å². The number of hydrogen-bond acceptors (Lipinski definition) is 5. The Kier molecular flexibility index (Phi) is 4.60. The molecule has 0 radical (unpaired) electrons. The number of thioether (sulfide) groups is 1. The normalized spacial score (nSPS) is 27.6. The molecule has 3 rings (SSSR count). The van der Waals surface area contributed by atoms with E-state index in [-0.39, 0.29) is 5.69 Å². The highest BCUT2D eigenvalue weighted by Crippen LogP contribution is 2.48. The Balaban J connectivity index is 1.93. The van der Waals surface area contributed by atoms with Crippen molar-refractivity contribution in [3.63, 3.8) is 0 Å². The van der Waals surface area contributed by atoms with Gasteiger partial charge in [-0.15, -0.1) is 0 Å². The van der Waals surface area contributed by atoms with Crippen LogP contribution in [0.25, 0.3) is 0 Å². The Bertz CT molecular complexity index is 750. The van der Waals surface area contributed by atoms with Crippen molar-refractivity contribution in [2.24, 2.45) is 0 Å². The summed E-state index contributed by atoms with van der Waals surface area (Å²) in [5.74, 6) is -0.888. The molecule has 2 aliphatic heterocycles. The molecule has 1 unspecified atom stereocenters. The number of carbonyl (C=O) groups excluding carboxylic acids is 2. The van der Waals surface area contributed by atoms with Crippen LogP contribution in [0.3, 0.4) is 0 Å². The maximum absolute atomic E-state index is 13.3. The zero-order valence-corrected chi connectivity index (χ0v) is 15.0. The largest absolute Gasteiger partial charge is 0.418 e. The predicted octanol–water partition coefficient (Wildman–Crippen LogP) is 2.23. The Hall–Kier alpha value is -1.94. The van der Waals surface area contributed by atoms with E-state index in [0.29, 0.717) is 17.9 Å². The van der Waals surface area contributed by atoms with Crippen LogP contribution in [-0.2, 0) is 15.8 Å². The number of fused-ring (bicyclic) bond motifs is 1. The minimum Gasteiger partial charge on any atom is -0.335 e. The van der Waals surface area contributed by atoms with Gasteiger partial charge in [-0.3, -0.25) is 9.59 Å². The quantitative estimate of drug-likeness (QED) is 0.597. The van der Waals surface area contributed by atoms with E-state index in [4.69, 9.17) is 0 Å². The van der Waals surface area contributed by atoms with E-state index in [9.17, 15) is 22.8 Å². The van der Waals surface area contributed by atoms with Crippen LogP contribution in [-0.4, -0.2) is 29.0 Å². The number of amides is 2. The van der Waals surface area contributed by atoms with Gasteiger partial charge in [-0.25, -0.2) is 0 Å². The molecule has 1 saturated heterocycles. The van der Waals surface area contributed by atoms with Gasteiger partial charge >= 0.3 is 6.18 Å². The fourth-order valence-electron chi connectivity index (χ4n) is 3.13. The number of carbonyl (C=O) groups is 2. The summed E-state index contributed by atoms with van der Waals surface area (Å²) in [5, 5.41) is 9.41. The average molecular weight is 388 g/mol. The maximum atomic E-state index is 13.3. The molecule has 0 saturated carbocycles. The molecular formula is C16H19F3N4O2S. The lowest BCUT2D eigenvalue weighted by Gasteiger charge is -2.34. The molecule has 0 bridgehead atoms. The molecule has 1 aromatic carbocycles. The predicted molar refractivity (Wildman–Crippen MR) is 91.3 cm³/mol. The summed E-state index contributed by atoms with van der Waals surface area (Å²) >= 11 is 0.925. The Morgan fingerprint density at radius 3 is 2.58 bits per heavy atom. The number of alkyl halides is 3. The Morgan fingerprint density at radius 2 is 2.00 bits per heavy atom. The highest BCUT2D eigenvalue weighted by molar-refractivity contribution is 8.01. The van der Waals surface area contributed by atoms with E-state index in [1.54, 1.807) is 6.92 Å². The van der Waals surface area contributed by atoms with Gasteiger partial charge in [-0.05, 0) is 38.4 Å². The third kappa shape index (κ3) is 3.48. The molecule has 142 valence electrons. The monoisotopic (exact) mass is 388 g/mol. The number of rotatable bonds is 3. The van der Waals surface area contributed by atoms with Crippen molar-refractivity contribution >= 4 is 29.3 Å². The van der Waals surface area contributed by atoms with E-state index < -0.39 is 34.2 Å². The van der Waals surface area contributed by atoms with Crippen molar-refractivity contribution in [3.8, 4) is 0 Å². The van der Waals surface area contributed by atoms with Crippen molar-refractivity contribution in [3.05, 3.63) is 23.8 Å². The standard InChI is InChI=1S/C16H19F3N4O2S/c1-9(24)21-16(23-13(25)14(2)7-4-8-20-14)22-12-10(15(17,18)19)5-3-6-11(12)26-16/h3,5-6,20,22H,4,7-8H2,1-2H3,(H,21,24)(H,23,25)/t14-,16?/m0/s1. The van der Waals surface area contributed by atoms with Crippen LogP contribution in [0.5, 0.6) is 0 Å². The van der Waals surface area contributed by atoms with Crippen LogP contribution in [0.1, 0.15) is 32.3 Å². The highest BCUT2D eigenvalue weighted by Gasteiger charge is 2.48. The molecule has 26 heavy (non-hydrogen) atoms. The zero-order valence-electron chi connectivity index (χ0n) is 14.2. The van der Waals surface area contributed by atoms with Gasteiger partial charge in [0.1, 0.15) is 0 Å². The summed E-state index contributed by atoms with van der Waals surface area (Å²) in [6, 6.07) is 3.76. The van der Waals surface area contributed by atoms with Crippen LogP contribution in [0.2, 0.25) is 0 Å². The number of benzene rings is 1. The lowest BCUT2D eigenvalue weighted by atomic mass is 9.99. The van der Waals surface area contributed by atoms with Gasteiger partial charge in [-0.2, -0.15) is 13.2 Å². The molecule has 1 fully saturated rings. The first-order chi connectivity index (χ1) is 12.0. The van der Waals surface area contributed by atoms with Crippen LogP contribution in [0.4, 0.5) is 18.9 Å². The summed E-state index contributed by atoms with van der Waals surface area (Å²) in [6.45, 7) is 3.64. The lowest BCUT2D eigenvalue weighted by molar-refractivity contribution is -0.137. The van der Waals surface area contributed by atoms with E-state index in [1.807, 2.05) is 0 Å². The van der Waals surface area contributed by atoms with Crippen LogP contribution in [0, 0.1) is 0 Å². The average Bonchev–Trinajstić information content (AvgIpc) is 3.09. The maximum Gasteiger partial charge on any atom is 0.418 e. The summed E-state index contributed by atoms with van der Waals surface area (Å²) in [6.07, 6.45) is -3.15. The molecule has 2 atom stereocenters. The molecule has 0 spiro atoms. The molecule has 2 amide bonds. The molecule has 0 aromatic heterocycles. The van der Waals surface area contributed by atoms with E-state index >= 15 is 0 Å². The molecule has 10 heteroatoms. The smallest absolute Gasteiger partial charge is 0.335 e. The van der Waals surface area contributed by atoms with Gasteiger partial charge in [0.15, 0.2) is 0 Å². The number of hydrogen-bond donors (Lipinski definition) is 4. The first-order valence-electron chi connectivity index (χ1n) is 8.08. The number of anilines is 1. The molecule has 2 aliphatic rings. The molecule has 1 aromatic rings. The summed E-state index contributed by atoms with van der Waals surface area (Å²) in [7, 11) is 0. The van der Waals surface area contributed by atoms with Gasteiger partial charge in [-0.1, -0.05) is 17.8 Å². The van der Waals surface area contributed by atoms with Crippen molar-refractivity contribution in [1.82, 2.24) is 16.0 Å². The fourth-order valence-corrected chi connectivity index (χ4v) is 4.36. The SMILES string of the molecule is CC(=O)NC1(NC(=O)[C@]2(C)CCCN2)Nc2c(cccc2C(F)(F)F)S1. The van der Waals surface area contributed by atoms with Gasteiger partial charge in [0.25, 0.3) is 0 Å². The summed E-state index contributed by atoms with van der Waals surface area (Å²) in [5.41, 5.74) is -1.85. The van der Waals surface area contributed by atoms with E-state index in [1.165, 1.54) is 19.1 Å². The van der Waals surface area contributed by atoms with Crippen molar-refractivity contribution in [2.45, 2.75) is 48.4 Å². The molecular weight excluding hydrogens is 369 g/mol. The molecule has 6 nitrogen and oxygen atoms in total. The Labute approximate surface area is 152 Å². The number of para-hydroxylation sites is 1. The molecule has 0 aliphatic carbocycles. The Morgan fingerprint density at radius 1 is 1.27 bits per heavy atom. The van der Waals surface area contributed by atoms with Crippen molar-refractivity contribution in [1.29, 1.82) is 0 Å². The first kappa shape index (κ1) is 18.8. The zero-order chi connectivity index (χ0) is 19.2. The minimum atomic E-state index is -4.56. The van der Waals surface area contributed by atoms with Crippen LogP contribution < -0.4 is 21.3 Å².